The monoisotopic (exact) mass is 310 g/mol. The summed E-state index contributed by atoms with van der Waals surface area (Å²) in [6, 6.07) is 8.51. The van der Waals surface area contributed by atoms with Gasteiger partial charge in [-0.15, -0.1) is 0 Å². The molecule has 0 aromatic heterocycles. The molecule has 1 aromatic carbocycles. The molecule has 1 amide bonds. The van der Waals surface area contributed by atoms with E-state index in [4.69, 9.17) is 10.8 Å². The second-order valence-electron chi connectivity index (χ2n) is 4.80. The van der Waals surface area contributed by atoms with Gasteiger partial charge in [-0.2, -0.15) is 11.8 Å². The van der Waals surface area contributed by atoms with Crippen LogP contribution in [0.15, 0.2) is 30.3 Å². The SMILES string of the molecule is CSCCC(NC(=O)CCC(N)c1ccccc1)C(=O)O. The predicted octanol–water partition coefficient (Wildman–Crippen LogP) is 1.79. The Morgan fingerprint density at radius 1 is 1.29 bits per heavy atom. The van der Waals surface area contributed by atoms with E-state index in [1.54, 1.807) is 11.8 Å². The molecule has 0 fully saturated rings. The van der Waals surface area contributed by atoms with Gasteiger partial charge in [-0.25, -0.2) is 4.79 Å². The number of aliphatic carboxylic acids is 1. The highest BCUT2D eigenvalue weighted by molar-refractivity contribution is 7.98. The topological polar surface area (TPSA) is 92.4 Å². The maximum Gasteiger partial charge on any atom is 0.326 e. The lowest BCUT2D eigenvalue weighted by molar-refractivity contribution is -0.141. The van der Waals surface area contributed by atoms with Gasteiger partial charge < -0.3 is 16.2 Å². The molecule has 2 unspecified atom stereocenters. The van der Waals surface area contributed by atoms with Gasteiger partial charge in [0.15, 0.2) is 0 Å². The van der Waals surface area contributed by atoms with Crippen LogP contribution in [0.5, 0.6) is 0 Å². The van der Waals surface area contributed by atoms with Gasteiger partial charge >= 0.3 is 5.97 Å². The summed E-state index contributed by atoms with van der Waals surface area (Å²) in [6.45, 7) is 0. The molecule has 4 N–H and O–H groups in total. The second-order valence-corrected chi connectivity index (χ2v) is 5.78. The number of hydrogen-bond donors (Lipinski definition) is 3. The lowest BCUT2D eigenvalue weighted by Crippen LogP contribution is -2.41. The standard InChI is InChI=1S/C15H22N2O3S/c1-21-10-9-13(15(19)20)17-14(18)8-7-12(16)11-5-3-2-4-6-11/h2-6,12-13H,7-10,16H2,1H3,(H,17,18)(H,19,20). The first kappa shape index (κ1) is 17.5. The highest BCUT2D eigenvalue weighted by Gasteiger charge is 2.19. The molecule has 5 nitrogen and oxygen atoms in total. The van der Waals surface area contributed by atoms with Crippen LogP contribution in [-0.2, 0) is 9.59 Å². The first-order valence-electron chi connectivity index (χ1n) is 6.86. The summed E-state index contributed by atoms with van der Waals surface area (Å²) in [6.07, 6.45) is 3.04. The Bertz CT molecular complexity index is 453. The van der Waals surface area contributed by atoms with Crippen molar-refractivity contribution >= 4 is 23.6 Å². The largest absolute Gasteiger partial charge is 0.480 e. The summed E-state index contributed by atoms with van der Waals surface area (Å²) < 4.78 is 0. The quantitative estimate of drug-likeness (QED) is 0.646. The van der Waals surface area contributed by atoms with Crippen molar-refractivity contribution in [3.05, 3.63) is 35.9 Å². The number of rotatable bonds is 9. The van der Waals surface area contributed by atoms with E-state index < -0.39 is 12.0 Å². The van der Waals surface area contributed by atoms with E-state index in [0.29, 0.717) is 18.6 Å². The molecule has 1 aromatic rings. The number of carboxylic acids is 1. The van der Waals surface area contributed by atoms with Gasteiger partial charge in [0, 0.05) is 12.5 Å². The van der Waals surface area contributed by atoms with Crippen molar-refractivity contribution in [2.75, 3.05) is 12.0 Å². The van der Waals surface area contributed by atoms with Crippen LogP contribution in [-0.4, -0.2) is 35.0 Å². The molecule has 0 radical (unpaired) electrons. The van der Waals surface area contributed by atoms with Crippen LogP contribution in [0.25, 0.3) is 0 Å². The third-order valence-electron chi connectivity index (χ3n) is 3.15. The summed E-state index contributed by atoms with van der Waals surface area (Å²) >= 11 is 1.56. The molecule has 0 bridgehead atoms. The number of hydrogen-bond acceptors (Lipinski definition) is 4. The molecule has 116 valence electrons. The van der Waals surface area contributed by atoms with Gasteiger partial charge in [0.2, 0.25) is 5.91 Å². The van der Waals surface area contributed by atoms with Gasteiger partial charge in [0.1, 0.15) is 6.04 Å². The van der Waals surface area contributed by atoms with Crippen LogP contribution < -0.4 is 11.1 Å². The summed E-state index contributed by atoms with van der Waals surface area (Å²) in [7, 11) is 0. The Labute approximate surface area is 129 Å². The van der Waals surface area contributed by atoms with Gasteiger partial charge in [-0.05, 0) is 30.4 Å². The normalized spacial score (nSPS) is 13.4. The van der Waals surface area contributed by atoms with Crippen molar-refractivity contribution in [3.8, 4) is 0 Å². The van der Waals surface area contributed by atoms with Crippen molar-refractivity contribution < 1.29 is 14.7 Å². The van der Waals surface area contributed by atoms with Crippen LogP contribution in [0.1, 0.15) is 30.9 Å². The van der Waals surface area contributed by atoms with Gasteiger partial charge in [0.25, 0.3) is 0 Å². The number of benzene rings is 1. The third kappa shape index (κ3) is 6.64. The van der Waals surface area contributed by atoms with E-state index in [2.05, 4.69) is 5.32 Å². The summed E-state index contributed by atoms with van der Waals surface area (Å²) in [5.41, 5.74) is 6.99. The van der Waals surface area contributed by atoms with Crippen LogP contribution in [0, 0.1) is 0 Å². The molecular weight excluding hydrogens is 288 g/mol. The number of amides is 1. The minimum Gasteiger partial charge on any atom is -0.480 e. The van der Waals surface area contributed by atoms with Gasteiger partial charge in [0.05, 0.1) is 0 Å². The smallest absolute Gasteiger partial charge is 0.326 e. The van der Waals surface area contributed by atoms with E-state index in [0.717, 1.165) is 5.56 Å². The third-order valence-corrected chi connectivity index (χ3v) is 3.80. The molecule has 6 heteroatoms. The summed E-state index contributed by atoms with van der Waals surface area (Å²) in [4.78, 5) is 22.9. The van der Waals surface area contributed by atoms with Crippen LogP contribution >= 0.6 is 11.8 Å². The number of carbonyl (C=O) groups excluding carboxylic acids is 1. The summed E-state index contributed by atoms with van der Waals surface area (Å²) in [5.74, 6) is -0.569. The highest BCUT2D eigenvalue weighted by atomic mass is 32.2. The molecule has 0 spiro atoms. The highest BCUT2D eigenvalue weighted by Crippen LogP contribution is 2.15. The fourth-order valence-corrected chi connectivity index (χ4v) is 2.38. The Balaban J connectivity index is 2.40. The van der Waals surface area contributed by atoms with E-state index in [1.165, 1.54) is 0 Å². The molecule has 0 aliphatic rings. The molecule has 0 aliphatic heterocycles. The second kappa shape index (κ2) is 9.41. The van der Waals surface area contributed by atoms with Crippen molar-refractivity contribution in [2.45, 2.75) is 31.3 Å². The number of carboxylic acid groups (broad SMARTS) is 1. The van der Waals surface area contributed by atoms with Gasteiger partial charge in [-0.3, -0.25) is 4.79 Å². The van der Waals surface area contributed by atoms with Gasteiger partial charge in [-0.1, -0.05) is 30.3 Å². The minimum absolute atomic E-state index is 0.216. The van der Waals surface area contributed by atoms with Crippen LogP contribution in [0.4, 0.5) is 0 Å². The van der Waals surface area contributed by atoms with E-state index in [9.17, 15) is 9.59 Å². The number of carbonyl (C=O) groups is 2. The van der Waals surface area contributed by atoms with E-state index >= 15 is 0 Å². The van der Waals surface area contributed by atoms with E-state index in [1.807, 2.05) is 36.6 Å². The Hall–Kier alpha value is -1.53. The predicted molar refractivity (Wildman–Crippen MR) is 85.2 cm³/mol. The molecular formula is C15H22N2O3S. The Morgan fingerprint density at radius 2 is 1.95 bits per heavy atom. The lowest BCUT2D eigenvalue weighted by Gasteiger charge is -2.15. The molecule has 0 saturated carbocycles. The first-order valence-corrected chi connectivity index (χ1v) is 8.25. The van der Waals surface area contributed by atoms with Crippen molar-refractivity contribution in [2.24, 2.45) is 5.73 Å². The maximum absolute atomic E-state index is 11.8. The zero-order chi connectivity index (χ0) is 15.7. The molecule has 0 heterocycles. The zero-order valence-corrected chi connectivity index (χ0v) is 12.9. The summed E-state index contributed by atoms with van der Waals surface area (Å²) in [5, 5.41) is 11.6. The fourth-order valence-electron chi connectivity index (χ4n) is 1.91. The van der Waals surface area contributed by atoms with Crippen molar-refractivity contribution in [1.82, 2.24) is 5.32 Å². The maximum atomic E-state index is 11.8. The van der Waals surface area contributed by atoms with Crippen molar-refractivity contribution in [1.29, 1.82) is 0 Å². The number of nitrogens with two attached hydrogens (primary N) is 1. The zero-order valence-electron chi connectivity index (χ0n) is 12.1. The average molecular weight is 310 g/mol. The lowest BCUT2D eigenvalue weighted by atomic mass is 10.0. The minimum atomic E-state index is -0.996. The van der Waals surface area contributed by atoms with Crippen LogP contribution in [0.2, 0.25) is 0 Å². The fraction of sp³-hybridized carbons (Fsp3) is 0.467. The Morgan fingerprint density at radius 3 is 2.52 bits per heavy atom. The molecule has 0 aliphatic carbocycles. The average Bonchev–Trinajstić information content (AvgIpc) is 2.49. The Kier molecular flexibility index (Phi) is 7.85. The first-order chi connectivity index (χ1) is 10.0. The van der Waals surface area contributed by atoms with Crippen LogP contribution in [0.3, 0.4) is 0 Å². The molecule has 0 saturated heterocycles. The molecule has 1 rings (SSSR count). The molecule has 2 atom stereocenters. The number of nitrogens with one attached hydrogen (secondary N) is 1. The van der Waals surface area contributed by atoms with E-state index in [-0.39, 0.29) is 18.4 Å². The molecule has 21 heavy (non-hydrogen) atoms. The van der Waals surface area contributed by atoms with Crippen molar-refractivity contribution in [3.63, 3.8) is 0 Å². The number of thioether (sulfide) groups is 1.